The second-order valence-corrected chi connectivity index (χ2v) is 7.30. The van der Waals surface area contributed by atoms with Crippen molar-refractivity contribution in [3.05, 3.63) is 35.4 Å². The second kappa shape index (κ2) is 8.07. The van der Waals surface area contributed by atoms with Crippen LogP contribution in [0.2, 0.25) is 0 Å². The van der Waals surface area contributed by atoms with Gasteiger partial charge in [-0.15, -0.1) is 0 Å². The summed E-state index contributed by atoms with van der Waals surface area (Å²) in [6, 6.07) is 4.93. The first-order chi connectivity index (χ1) is 10.7. The van der Waals surface area contributed by atoms with Crippen LogP contribution in [0.5, 0.6) is 0 Å². The van der Waals surface area contributed by atoms with Gasteiger partial charge in [0.1, 0.15) is 6.04 Å². The van der Waals surface area contributed by atoms with E-state index >= 15 is 0 Å². The monoisotopic (exact) mass is 343 g/mol. The van der Waals surface area contributed by atoms with Crippen LogP contribution in [0, 0.1) is 5.92 Å². The molecule has 0 aliphatic carbocycles. The average Bonchev–Trinajstić information content (AvgIpc) is 2.45. The number of hydrogen-bond acceptors (Lipinski definition) is 5. The third-order valence-corrected chi connectivity index (χ3v) is 4.43. The van der Waals surface area contributed by atoms with Gasteiger partial charge in [0.25, 0.3) is 0 Å². The molecular formula is C15H21NO6S. The number of carboxylic acids is 1. The largest absolute Gasteiger partial charge is 0.480 e. The van der Waals surface area contributed by atoms with Crippen LogP contribution in [0.3, 0.4) is 0 Å². The van der Waals surface area contributed by atoms with Gasteiger partial charge in [0.15, 0.2) is 0 Å². The van der Waals surface area contributed by atoms with Gasteiger partial charge in [0.05, 0.1) is 18.4 Å². The molecule has 23 heavy (non-hydrogen) atoms. The fourth-order valence-electron chi connectivity index (χ4n) is 2.09. The molecule has 0 saturated heterocycles. The first-order valence-electron chi connectivity index (χ1n) is 7.05. The summed E-state index contributed by atoms with van der Waals surface area (Å²) in [5.74, 6) is -2.36. The first-order valence-corrected chi connectivity index (χ1v) is 8.70. The van der Waals surface area contributed by atoms with E-state index in [0.717, 1.165) is 0 Å². The van der Waals surface area contributed by atoms with E-state index in [-0.39, 0.29) is 23.5 Å². The Bertz CT molecular complexity index is 668. The van der Waals surface area contributed by atoms with Crippen LogP contribution in [-0.2, 0) is 25.3 Å². The highest BCUT2D eigenvalue weighted by molar-refractivity contribution is 7.88. The van der Waals surface area contributed by atoms with Crippen molar-refractivity contribution in [1.82, 2.24) is 4.72 Å². The molecule has 7 nitrogen and oxygen atoms in total. The maximum atomic E-state index is 12.2. The maximum absolute atomic E-state index is 12.2. The van der Waals surface area contributed by atoms with E-state index in [2.05, 4.69) is 9.46 Å². The van der Waals surface area contributed by atoms with Gasteiger partial charge >= 0.3 is 11.9 Å². The molecule has 0 radical (unpaired) electrons. The van der Waals surface area contributed by atoms with Crippen LogP contribution in [0.1, 0.15) is 36.2 Å². The van der Waals surface area contributed by atoms with Crippen LogP contribution in [-0.4, -0.2) is 38.6 Å². The number of sulfonamides is 1. The van der Waals surface area contributed by atoms with Crippen molar-refractivity contribution < 1.29 is 27.9 Å². The predicted molar refractivity (Wildman–Crippen MR) is 84.4 cm³/mol. The smallest absolute Gasteiger partial charge is 0.338 e. The number of methoxy groups -OCH3 is 1. The number of hydrogen-bond donors (Lipinski definition) is 2. The number of benzene rings is 1. The van der Waals surface area contributed by atoms with Crippen molar-refractivity contribution >= 4 is 22.0 Å². The minimum atomic E-state index is -3.93. The summed E-state index contributed by atoms with van der Waals surface area (Å²) in [6.45, 7) is 3.60. The predicted octanol–water partition coefficient (Wildman–Crippen LogP) is 1.39. The van der Waals surface area contributed by atoms with Crippen molar-refractivity contribution in [1.29, 1.82) is 0 Å². The third kappa shape index (κ3) is 5.99. The van der Waals surface area contributed by atoms with Crippen molar-refractivity contribution in [2.45, 2.75) is 32.1 Å². The standard InChI is InChI=1S/C15H21NO6S/c1-10(2)8-13(14(17)18)16-23(20,21)9-11-6-4-5-7-12(11)15(19)22-3/h4-7,10,13,16H,8-9H2,1-3H3,(H,17,18)/t13-/m1/s1. The lowest BCUT2D eigenvalue weighted by molar-refractivity contribution is -0.139. The Kier molecular flexibility index (Phi) is 6.71. The van der Waals surface area contributed by atoms with Crippen molar-refractivity contribution in [2.24, 2.45) is 5.92 Å². The number of carboxylic acid groups (broad SMARTS) is 1. The van der Waals surface area contributed by atoms with E-state index in [1.807, 2.05) is 0 Å². The third-order valence-electron chi connectivity index (χ3n) is 3.10. The SMILES string of the molecule is COC(=O)c1ccccc1CS(=O)(=O)N[C@H](CC(C)C)C(=O)O. The first kappa shape index (κ1) is 19.1. The Morgan fingerprint density at radius 2 is 1.87 bits per heavy atom. The summed E-state index contributed by atoms with van der Waals surface area (Å²) < 4.78 is 31.3. The van der Waals surface area contributed by atoms with Crippen molar-refractivity contribution in [2.75, 3.05) is 7.11 Å². The Hall–Kier alpha value is -1.93. The maximum Gasteiger partial charge on any atom is 0.338 e. The summed E-state index contributed by atoms with van der Waals surface area (Å²) in [6.07, 6.45) is 0.174. The minimum Gasteiger partial charge on any atom is -0.480 e. The summed E-state index contributed by atoms with van der Waals surface area (Å²) >= 11 is 0. The summed E-state index contributed by atoms with van der Waals surface area (Å²) in [4.78, 5) is 22.9. The topological polar surface area (TPSA) is 110 Å². The van der Waals surface area contributed by atoms with E-state index in [1.54, 1.807) is 26.0 Å². The van der Waals surface area contributed by atoms with Gasteiger partial charge in [-0.1, -0.05) is 32.0 Å². The molecule has 0 unspecified atom stereocenters. The Morgan fingerprint density at radius 1 is 1.26 bits per heavy atom. The number of esters is 1. The number of nitrogens with one attached hydrogen (secondary N) is 1. The van der Waals surface area contributed by atoms with Crippen LogP contribution < -0.4 is 4.72 Å². The molecule has 0 heterocycles. The lowest BCUT2D eigenvalue weighted by Gasteiger charge is -2.17. The zero-order valence-corrected chi connectivity index (χ0v) is 14.1. The number of rotatable bonds is 8. The lowest BCUT2D eigenvalue weighted by atomic mass is 10.1. The minimum absolute atomic E-state index is 0.0150. The molecule has 0 aliphatic rings. The van der Waals surface area contributed by atoms with Gasteiger partial charge < -0.3 is 9.84 Å². The molecule has 0 saturated carbocycles. The molecular weight excluding hydrogens is 322 g/mol. The zero-order valence-electron chi connectivity index (χ0n) is 13.3. The van der Waals surface area contributed by atoms with E-state index in [9.17, 15) is 18.0 Å². The van der Waals surface area contributed by atoms with Crippen molar-refractivity contribution in [3.63, 3.8) is 0 Å². The lowest BCUT2D eigenvalue weighted by Crippen LogP contribution is -2.42. The van der Waals surface area contributed by atoms with E-state index in [1.165, 1.54) is 19.2 Å². The number of aliphatic carboxylic acids is 1. The average molecular weight is 343 g/mol. The summed E-state index contributed by atoms with van der Waals surface area (Å²) in [5, 5.41) is 9.13. The number of carbonyl (C=O) groups excluding carboxylic acids is 1. The molecule has 8 heteroatoms. The molecule has 0 bridgehead atoms. The van der Waals surface area contributed by atoms with Gasteiger partial charge in [-0.3, -0.25) is 4.79 Å². The second-order valence-electron chi connectivity index (χ2n) is 5.55. The van der Waals surface area contributed by atoms with E-state index in [4.69, 9.17) is 5.11 Å². The molecule has 1 rings (SSSR count). The van der Waals surface area contributed by atoms with E-state index < -0.39 is 33.8 Å². The fraction of sp³-hybridized carbons (Fsp3) is 0.467. The van der Waals surface area contributed by atoms with Gasteiger partial charge in [-0.25, -0.2) is 17.9 Å². The molecule has 128 valence electrons. The van der Waals surface area contributed by atoms with Crippen LogP contribution in [0.4, 0.5) is 0 Å². The molecule has 0 amide bonds. The highest BCUT2D eigenvalue weighted by Crippen LogP contribution is 2.14. The molecule has 0 fully saturated rings. The molecule has 0 spiro atoms. The van der Waals surface area contributed by atoms with Crippen LogP contribution in [0.25, 0.3) is 0 Å². The number of carbonyl (C=O) groups is 2. The van der Waals surface area contributed by atoms with Gasteiger partial charge in [0, 0.05) is 0 Å². The Labute approximate surface area is 135 Å². The van der Waals surface area contributed by atoms with Crippen LogP contribution >= 0.6 is 0 Å². The van der Waals surface area contributed by atoms with Crippen molar-refractivity contribution in [3.8, 4) is 0 Å². The Balaban J connectivity index is 2.99. The molecule has 1 atom stereocenters. The molecule has 1 aromatic rings. The highest BCUT2D eigenvalue weighted by Gasteiger charge is 2.26. The fourth-order valence-corrected chi connectivity index (χ4v) is 3.46. The van der Waals surface area contributed by atoms with E-state index in [0.29, 0.717) is 0 Å². The molecule has 0 aromatic heterocycles. The molecule has 0 aliphatic heterocycles. The van der Waals surface area contributed by atoms with Gasteiger partial charge in [0.2, 0.25) is 10.0 Å². The number of ether oxygens (including phenoxy) is 1. The molecule has 1 aromatic carbocycles. The summed E-state index contributed by atoms with van der Waals surface area (Å²) in [5.41, 5.74) is 0.386. The van der Waals surface area contributed by atoms with Gasteiger partial charge in [-0.05, 0) is 24.0 Å². The van der Waals surface area contributed by atoms with Crippen LogP contribution in [0.15, 0.2) is 24.3 Å². The quantitative estimate of drug-likeness (QED) is 0.690. The summed E-state index contributed by atoms with van der Waals surface area (Å²) in [7, 11) is -2.72. The highest BCUT2D eigenvalue weighted by atomic mass is 32.2. The molecule has 2 N–H and O–H groups in total. The van der Waals surface area contributed by atoms with Gasteiger partial charge in [-0.2, -0.15) is 0 Å². The Morgan fingerprint density at radius 3 is 2.39 bits per heavy atom. The normalized spacial score (nSPS) is 12.9. The zero-order chi connectivity index (χ0) is 17.6.